The number of rotatable bonds is 6. The summed E-state index contributed by atoms with van der Waals surface area (Å²) in [5.74, 6) is 0. The number of anilines is 3. The maximum absolute atomic E-state index is 2.52. The van der Waals surface area contributed by atoms with Crippen LogP contribution in [0, 0.1) is 0 Å². The average Bonchev–Trinajstić information content (AvgIpc) is 3.92. The lowest BCUT2D eigenvalue weighted by atomic mass is 9.70. The smallest absolute Gasteiger partial charge is 0.0726 e. The maximum atomic E-state index is 2.52. The van der Waals surface area contributed by atoms with Crippen LogP contribution in [-0.2, 0) is 10.8 Å². The third-order valence-electron chi connectivity index (χ3n) is 14.7. The standard InChI is InChI=1S/C64H45N/c1-63(2)59-39-46(44-31-29-43(30-32-44)42-17-5-3-6-18-42)33-36-53(59)54-37-34-47(40-60(54)63)65(62-28-16-12-21-49(62)45-19-7-4-8-20-45)48-35-38-55-52-24-11-15-27-58(52)64(61(55)41-48)56-25-13-9-22-50(56)51-23-10-14-26-57(51)64/h3-41H,1-2H3. The topological polar surface area (TPSA) is 3.24 Å². The van der Waals surface area contributed by atoms with Gasteiger partial charge < -0.3 is 4.90 Å². The molecule has 306 valence electrons. The largest absolute Gasteiger partial charge is 0.310 e. The molecule has 0 saturated carbocycles. The molecule has 0 bridgehead atoms. The molecule has 0 unspecified atom stereocenters. The molecule has 0 radical (unpaired) electrons. The Morgan fingerprint density at radius 1 is 0.262 bits per heavy atom. The van der Waals surface area contributed by atoms with Gasteiger partial charge in [0.15, 0.2) is 0 Å². The van der Waals surface area contributed by atoms with Gasteiger partial charge in [0.05, 0.1) is 11.1 Å². The highest BCUT2D eigenvalue weighted by atomic mass is 15.1. The SMILES string of the molecule is CC1(C)c2cc(-c3ccc(-c4ccccc4)cc3)ccc2-c2ccc(N(c3ccc4c(c3)C3(c5ccccc5-c5ccccc53)c3ccccc3-4)c3ccccc3-c3ccccc3)cc21. The van der Waals surface area contributed by atoms with Crippen LogP contribution in [0.1, 0.15) is 47.2 Å². The molecule has 0 aromatic heterocycles. The minimum atomic E-state index is -0.444. The Kier molecular flexibility index (Phi) is 8.24. The highest BCUT2D eigenvalue weighted by Gasteiger charge is 2.51. The third-order valence-corrected chi connectivity index (χ3v) is 14.7. The molecule has 10 aromatic rings. The molecular weight excluding hydrogens is 783 g/mol. The maximum Gasteiger partial charge on any atom is 0.0726 e. The van der Waals surface area contributed by atoms with E-state index >= 15 is 0 Å². The van der Waals surface area contributed by atoms with Crippen LogP contribution in [0.2, 0.25) is 0 Å². The summed E-state index contributed by atoms with van der Waals surface area (Å²) >= 11 is 0. The quantitative estimate of drug-likeness (QED) is 0.161. The Morgan fingerprint density at radius 2 is 0.631 bits per heavy atom. The van der Waals surface area contributed by atoms with Gasteiger partial charge >= 0.3 is 0 Å². The van der Waals surface area contributed by atoms with Crippen LogP contribution in [0.25, 0.3) is 66.8 Å². The molecule has 0 atom stereocenters. The predicted molar refractivity (Wildman–Crippen MR) is 271 cm³/mol. The lowest BCUT2D eigenvalue weighted by Crippen LogP contribution is -2.26. The molecule has 3 aliphatic carbocycles. The van der Waals surface area contributed by atoms with Crippen LogP contribution >= 0.6 is 0 Å². The molecule has 0 amide bonds. The molecule has 0 heterocycles. The molecule has 10 aromatic carbocycles. The second-order valence-electron chi connectivity index (χ2n) is 18.4. The van der Waals surface area contributed by atoms with Gasteiger partial charge in [0.1, 0.15) is 0 Å². The Hall–Kier alpha value is -8.00. The molecule has 65 heavy (non-hydrogen) atoms. The van der Waals surface area contributed by atoms with Gasteiger partial charge in [0, 0.05) is 22.4 Å². The first-order valence-corrected chi connectivity index (χ1v) is 22.8. The van der Waals surface area contributed by atoms with Crippen LogP contribution in [-0.4, -0.2) is 0 Å². The zero-order valence-electron chi connectivity index (χ0n) is 36.5. The number of hydrogen-bond acceptors (Lipinski definition) is 1. The van der Waals surface area contributed by atoms with Gasteiger partial charge in [-0.05, 0) is 131 Å². The Bertz CT molecular complexity index is 3440. The molecule has 1 heteroatoms. The summed E-state index contributed by atoms with van der Waals surface area (Å²) in [6.07, 6.45) is 0. The summed E-state index contributed by atoms with van der Waals surface area (Å²) in [4.78, 5) is 2.52. The fourth-order valence-electron chi connectivity index (χ4n) is 11.7. The monoisotopic (exact) mass is 827 g/mol. The summed E-state index contributed by atoms with van der Waals surface area (Å²) in [5, 5.41) is 0. The van der Waals surface area contributed by atoms with E-state index in [9.17, 15) is 0 Å². The molecule has 0 saturated heterocycles. The van der Waals surface area contributed by atoms with E-state index in [-0.39, 0.29) is 5.41 Å². The molecule has 1 nitrogen and oxygen atoms in total. The van der Waals surface area contributed by atoms with Crippen molar-refractivity contribution < 1.29 is 0 Å². The van der Waals surface area contributed by atoms with Crippen molar-refractivity contribution in [3.8, 4) is 66.8 Å². The molecule has 3 aliphatic rings. The van der Waals surface area contributed by atoms with Crippen molar-refractivity contribution in [2.75, 3.05) is 4.90 Å². The van der Waals surface area contributed by atoms with Gasteiger partial charge in [-0.1, -0.05) is 214 Å². The number of fused-ring (bicyclic) bond motifs is 13. The van der Waals surface area contributed by atoms with E-state index in [0.717, 1.165) is 17.1 Å². The lowest BCUT2D eigenvalue weighted by Gasteiger charge is -2.33. The van der Waals surface area contributed by atoms with E-state index in [0.29, 0.717) is 0 Å². The summed E-state index contributed by atoms with van der Waals surface area (Å²) in [6.45, 7) is 4.80. The fourth-order valence-corrected chi connectivity index (χ4v) is 11.7. The number of hydrogen-bond donors (Lipinski definition) is 0. The summed E-state index contributed by atoms with van der Waals surface area (Å²) in [7, 11) is 0. The van der Waals surface area contributed by atoms with E-state index in [1.54, 1.807) is 0 Å². The van der Waals surface area contributed by atoms with Crippen molar-refractivity contribution in [2.24, 2.45) is 0 Å². The van der Waals surface area contributed by atoms with Crippen molar-refractivity contribution in [1.82, 2.24) is 0 Å². The van der Waals surface area contributed by atoms with Crippen LogP contribution in [0.15, 0.2) is 237 Å². The van der Waals surface area contributed by atoms with Gasteiger partial charge in [-0.15, -0.1) is 0 Å². The summed E-state index contributed by atoms with van der Waals surface area (Å²) in [6, 6.07) is 88.2. The number of nitrogens with zero attached hydrogens (tertiary/aromatic N) is 1. The van der Waals surface area contributed by atoms with Gasteiger partial charge in [-0.25, -0.2) is 0 Å². The third kappa shape index (κ3) is 5.46. The normalized spacial score (nSPS) is 13.9. The highest BCUT2D eigenvalue weighted by molar-refractivity contribution is 5.98. The van der Waals surface area contributed by atoms with E-state index in [1.165, 1.54) is 100 Å². The summed E-state index contributed by atoms with van der Waals surface area (Å²) in [5.41, 5.74) is 26.0. The Balaban J connectivity index is 0.985. The van der Waals surface area contributed by atoms with Crippen molar-refractivity contribution in [2.45, 2.75) is 24.7 Å². The van der Waals surface area contributed by atoms with Crippen molar-refractivity contribution in [1.29, 1.82) is 0 Å². The van der Waals surface area contributed by atoms with Crippen molar-refractivity contribution in [3.05, 3.63) is 270 Å². The molecule has 13 rings (SSSR count). The van der Waals surface area contributed by atoms with Gasteiger partial charge in [0.25, 0.3) is 0 Å². The van der Waals surface area contributed by atoms with Crippen LogP contribution in [0.5, 0.6) is 0 Å². The molecule has 0 aliphatic heterocycles. The average molecular weight is 828 g/mol. The second-order valence-corrected chi connectivity index (χ2v) is 18.4. The number of para-hydroxylation sites is 1. The highest BCUT2D eigenvalue weighted by Crippen LogP contribution is 2.63. The first-order chi connectivity index (χ1) is 32.0. The molecule has 1 spiro atoms. The van der Waals surface area contributed by atoms with Crippen LogP contribution in [0.3, 0.4) is 0 Å². The van der Waals surface area contributed by atoms with E-state index in [1.807, 2.05) is 0 Å². The van der Waals surface area contributed by atoms with Crippen LogP contribution in [0.4, 0.5) is 17.1 Å². The molecular formula is C64H45N. The van der Waals surface area contributed by atoms with E-state index in [2.05, 4.69) is 255 Å². The molecule has 0 N–H and O–H groups in total. The predicted octanol–water partition coefficient (Wildman–Crippen LogP) is 16.8. The first kappa shape index (κ1) is 37.5. The zero-order valence-corrected chi connectivity index (χ0v) is 36.5. The zero-order chi connectivity index (χ0) is 43.3. The van der Waals surface area contributed by atoms with Crippen molar-refractivity contribution >= 4 is 17.1 Å². The Morgan fingerprint density at radius 3 is 1.20 bits per heavy atom. The minimum Gasteiger partial charge on any atom is -0.310 e. The van der Waals surface area contributed by atoms with Gasteiger partial charge in [0.2, 0.25) is 0 Å². The second kappa shape index (κ2) is 14.3. The van der Waals surface area contributed by atoms with Gasteiger partial charge in [-0.3, -0.25) is 0 Å². The first-order valence-electron chi connectivity index (χ1n) is 22.8. The fraction of sp³-hybridized carbons (Fsp3) is 0.0625. The van der Waals surface area contributed by atoms with Crippen molar-refractivity contribution in [3.63, 3.8) is 0 Å². The van der Waals surface area contributed by atoms with E-state index < -0.39 is 5.41 Å². The Labute approximate surface area is 381 Å². The summed E-state index contributed by atoms with van der Waals surface area (Å²) < 4.78 is 0. The number of benzene rings is 10. The van der Waals surface area contributed by atoms with Crippen LogP contribution < -0.4 is 4.90 Å². The lowest BCUT2D eigenvalue weighted by molar-refractivity contribution is 0.660. The van der Waals surface area contributed by atoms with E-state index in [4.69, 9.17) is 0 Å². The molecule has 0 fully saturated rings. The van der Waals surface area contributed by atoms with Gasteiger partial charge in [-0.2, -0.15) is 0 Å². The minimum absolute atomic E-state index is 0.230.